The maximum Gasteiger partial charge on any atom is 0.404 e. The maximum atomic E-state index is 11.3. The Morgan fingerprint density at radius 2 is 1.75 bits per heavy atom. The lowest BCUT2D eigenvalue weighted by molar-refractivity contribution is -0.0275. The quantitative estimate of drug-likeness (QED) is 0.593. The highest BCUT2D eigenvalue weighted by atomic mass is 16.6. The van der Waals surface area contributed by atoms with Crippen LogP contribution >= 0.6 is 0 Å². The number of ether oxygens (including phenoxy) is 1. The molecule has 1 atom stereocenters. The normalized spacial score (nSPS) is 19.5. The Bertz CT molecular complexity index is 272. The van der Waals surface area contributed by atoms with Gasteiger partial charge in [-0.25, -0.2) is 4.79 Å². The fourth-order valence-corrected chi connectivity index (χ4v) is 3.73. The number of carbonyl (C=O) groups is 1. The summed E-state index contributed by atoms with van der Waals surface area (Å²) in [5.74, 6) is 0. The first kappa shape index (κ1) is 17.3. The highest BCUT2D eigenvalue weighted by Gasteiger charge is 2.40. The van der Waals surface area contributed by atoms with Gasteiger partial charge in [0.15, 0.2) is 0 Å². The van der Waals surface area contributed by atoms with Crippen LogP contribution in [0.25, 0.3) is 0 Å². The predicted octanol–water partition coefficient (Wildman–Crippen LogP) is 5.17. The molecule has 0 heterocycles. The monoisotopic (exact) mass is 283 g/mol. The summed E-state index contributed by atoms with van der Waals surface area (Å²) in [5.41, 5.74) is 5.54. The average Bonchev–Trinajstić information content (AvgIpc) is 2.45. The first-order chi connectivity index (χ1) is 9.64. The molecule has 0 bridgehead atoms. The number of hydrogen-bond acceptors (Lipinski definition) is 2. The number of amides is 1. The highest BCUT2D eigenvalue weighted by molar-refractivity contribution is 5.64. The van der Waals surface area contributed by atoms with Crippen molar-refractivity contribution in [2.45, 2.75) is 97.0 Å². The van der Waals surface area contributed by atoms with Crippen LogP contribution in [0.4, 0.5) is 4.79 Å². The minimum Gasteiger partial charge on any atom is -0.446 e. The van der Waals surface area contributed by atoms with Crippen LogP contribution in [0.5, 0.6) is 0 Å². The molecule has 1 fully saturated rings. The Morgan fingerprint density at radius 1 is 1.10 bits per heavy atom. The summed E-state index contributed by atoms with van der Waals surface area (Å²) in [6.45, 7) is 4.44. The van der Waals surface area contributed by atoms with Crippen LogP contribution in [0.15, 0.2) is 0 Å². The summed E-state index contributed by atoms with van der Waals surface area (Å²) in [5, 5.41) is 0. The molecule has 0 aromatic heterocycles. The molecule has 3 nitrogen and oxygen atoms in total. The van der Waals surface area contributed by atoms with E-state index in [0.717, 1.165) is 12.8 Å². The van der Waals surface area contributed by atoms with Gasteiger partial charge in [0.1, 0.15) is 6.10 Å². The van der Waals surface area contributed by atoms with Crippen molar-refractivity contribution in [3.63, 3.8) is 0 Å². The van der Waals surface area contributed by atoms with Crippen LogP contribution in [-0.2, 0) is 4.74 Å². The lowest BCUT2D eigenvalue weighted by atomic mass is 9.66. The molecule has 2 N–H and O–H groups in total. The number of rotatable bonds is 9. The molecule has 1 saturated carbocycles. The largest absolute Gasteiger partial charge is 0.446 e. The lowest BCUT2D eigenvalue weighted by Gasteiger charge is -2.43. The van der Waals surface area contributed by atoms with Crippen molar-refractivity contribution in [3.05, 3.63) is 0 Å². The summed E-state index contributed by atoms with van der Waals surface area (Å²) in [4.78, 5) is 11.3. The van der Waals surface area contributed by atoms with Crippen molar-refractivity contribution >= 4 is 6.09 Å². The van der Waals surface area contributed by atoms with Crippen LogP contribution < -0.4 is 5.73 Å². The van der Waals surface area contributed by atoms with E-state index in [9.17, 15) is 4.79 Å². The van der Waals surface area contributed by atoms with Crippen molar-refractivity contribution < 1.29 is 9.53 Å². The van der Waals surface area contributed by atoms with Crippen molar-refractivity contribution in [2.24, 2.45) is 11.1 Å². The van der Waals surface area contributed by atoms with Gasteiger partial charge < -0.3 is 10.5 Å². The van der Waals surface area contributed by atoms with Gasteiger partial charge in [-0.15, -0.1) is 0 Å². The van der Waals surface area contributed by atoms with Gasteiger partial charge in [-0.3, -0.25) is 0 Å². The van der Waals surface area contributed by atoms with E-state index in [1.807, 2.05) is 0 Å². The van der Waals surface area contributed by atoms with Gasteiger partial charge >= 0.3 is 6.09 Å². The van der Waals surface area contributed by atoms with Gasteiger partial charge in [0.25, 0.3) is 0 Å². The first-order valence-corrected chi connectivity index (χ1v) is 8.60. The Labute approximate surface area is 124 Å². The van der Waals surface area contributed by atoms with Crippen LogP contribution in [0.3, 0.4) is 0 Å². The molecule has 1 aliphatic rings. The van der Waals surface area contributed by atoms with Crippen LogP contribution in [0.1, 0.15) is 90.9 Å². The summed E-state index contributed by atoms with van der Waals surface area (Å²) in [6, 6.07) is 0. The molecule has 1 aliphatic carbocycles. The van der Waals surface area contributed by atoms with E-state index in [0.29, 0.717) is 0 Å². The van der Waals surface area contributed by atoms with Crippen LogP contribution in [0.2, 0.25) is 0 Å². The van der Waals surface area contributed by atoms with Gasteiger partial charge in [-0.1, -0.05) is 58.8 Å². The van der Waals surface area contributed by atoms with E-state index in [4.69, 9.17) is 10.5 Å². The second kappa shape index (κ2) is 9.25. The SMILES string of the molecule is CCCCCC(OC(N)=O)C1(CCCC)CCCCC1. The first-order valence-electron chi connectivity index (χ1n) is 8.60. The second-order valence-corrected chi connectivity index (χ2v) is 6.45. The zero-order chi connectivity index (χ0) is 14.8. The minimum absolute atomic E-state index is 0.0402. The zero-order valence-corrected chi connectivity index (χ0v) is 13.5. The number of nitrogens with two attached hydrogens (primary N) is 1. The van der Waals surface area contributed by atoms with Crippen molar-refractivity contribution in [3.8, 4) is 0 Å². The molecule has 118 valence electrons. The molecule has 1 rings (SSSR count). The van der Waals surface area contributed by atoms with Gasteiger partial charge in [-0.05, 0) is 32.1 Å². The van der Waals surface area contributed by atoms with E-state index in [1.165, 1.54) is 64.2 Å². The molecule has 20 heavy (non-hydrogen) atoms. The predicted molar refractivity (Wildman–Crippen MR) is 83.6 cm³/mol. The molecular formula is C17H33NO2. The van der Waals surface area contributed by atoms with Gasteiger partial charge in [0, 0.05) is 5.41 Å². The van der Waals surface area contributed by atoms with E-state index in [-0.39, 0.29) is 11.5 Å². The van der Waals surface area contributed by atoms with E-state index in [2.05, 4.69) is 13.8 Å². The third kappa shape index (κ3) is 5.34. The van der Waals surface area contributed by atoms with Crippen molar-refractivity contribution in [1.82, 2.24) is 0 Å². The molecule has 0 spiro atoms. The maximum absolute atomic E-state index is 11.3. The van der Waals surface area contributed by atoms with E-state index in [1.54, 1.807) is 0 Å². The smallest absolute Gasteiger partial charge is 0.404 e. The van der Waals surface area contributed by atoms with Crippen LogP contribution in [-0.4, -0.2) is 12.2 Å². The average molecular weight is 283 g/mol. The Hall–Kier alpha value is -0.730. The third-order valence-corrected chi connectivity index (χ3v) is 4.89. The molecule has 0 aliphatic heterocycles. The fourth-order valence-electron chi connectivity index (χ4n) is 3.73. The lowest BCUT2D eigenvalue weighted by Crippen LogP contribution is -2.41. The topological polar surface area (TPSA) is 52.3 Å². The van der Waals surface area contributed by atoms with Crippen molar-refractivity contribution in [2.75, 3.05) is 0 Å². The summed E-state index contributed by atoms with van der Waals surface area (Å²) in [6.07, 6.45) is 13.9. The standard InChI is InChI=1S/C17H33NO2/c1-3-5-8-11-15(20-16(18)19)17(12-6-4-2)13-9-7-10-14-17/h15H,3-14H2,1-2H3,(H2,18,19). The fraction of sp³-hybridized carbons (Fsp3) is 0.941. The Kier molecular flexibility index (Phi) is 8.01. The van der Waals surface area contributed by atoms with Crippen LogP contribution in [0, 0.1) is 5.41 Å². The minimum atomic E-state index is -0.590. The molecule has 1 amide bonds. The molecule has 3 heteroatoms. The molecule has 1 unspecified atom stereocenters. The van der Waals surface area contributed by atoms with Crippen molar-refractivity contribution in [1.29, 1.82) is 0 Å². The number of carbonyl (C=O) groups excluding carboxylic acids is 1. The Morgan fingerprint density at radius 3 is 2.30 bits per heavy atom. The summed E-state index contributed by atoms with van der Waals surface area (Å²) >= 11 is 0. The molecule has 0 saturated heterocycles. The third-order valence-electron chi connectivity index (χ3n) is 4.89. The Balaban J connectivity index is 2.74. The molecule has 0 radical (unpaired) electrons. The van der Waals surface area contributed by atoms with E-state index >= 15 is 0 Å². The molecule has 0 aromatic rings. The van der Waals surface area contributed by atoms with Gasteiger partial charge in [-0.2, -0.15) is 0 Å². The molecule has 0 aromatic carbocycles. The van der Waals surface area contributed by atoms with E-state index < -0.39 is 6.09 Å². The zero-order valence-electron chi connectivity index (χ0n) is 13.5. The van der Waals surface area contributed by atoms with Gasteiger partial charge in [0.2, 0.25) is 0 Å². The second-order valence-electron chi connectivity index (χ2n) is 6.45. The number of hydrogen-bond donors (Lipinski definition) is 1. The number of primary amides is 1. The summed E-state index contributed by atoms with van der Waals surface area (Å²) in [7, 11) is 0. The molecular weight excluding hydrogens is 250 g/mol. The summed E-state index contributed by atoms with van der Waals surface area (Å²) < 4.78 is 5.58. The number of unbranched alkanes of at least 4 members (excludes halogenated alkanes) is 3. The highest BCUT2D eigenvalue weighted by Crippen LogP contribution is 2.46. The van der Waals surface area contributed by atoms with Gasteiger partial charge in [0.05, 0.1) is 0 Å².